The van der Waals surface area contributed by atoms with Gasteiger partial charge in [0.2, 0.25) is 10.0 Å². The Morgan fingerprint density at radius 1 is 1.44 bits per heavy atom. The summed E-state index contributed by atoms with van der Waals surface area (Å²) in [5.74, 6) is 2.30. The number of hydrogen-bond donors (Lipinski definition) is 1. The molecule has 16 heavy (non-hydrogen) atoms. The van der Waals surface area contributed by atoms with Crippen molar-refractivity contribution in [1.29, 1.82) is 0 Å². The van der Waals surface area contributed by atoms with Crippen molar-refractivity contribution < 1.29 is 8.42 Å². The van der Waals surface area contributed by atoms with E-state index in [1.54, 1.807) is 18.2 Å². The molecule has 0 aliphatic rings. The second kappa shape index (κ2) is 5.12. The van der Waals surface area contributed by atoms with Crippen LogP contribution in [0.1, 0.15) is 5.56 Å². The SMILES string of the molecule is C#CCN(C)S(=O)(=O)c1ccccc1CN. The van der Waals surface area contributed by atoms with Gasteiger partial charge in [-0.3, -0.25) is 0 Å². The van der Waals surface area contributed by atoms with Crippen LogP contribution in [-0.2, 0) is 16.6 Å². The molecule has 5 heteroatoms. The van der Waals surface area contributed by atoms with Gasteiger partial charge in [0.25, 0.3) is 0 Å². The van der Waals surface area contributed by atoms with Crippen LogP contribution < -0.4 is 5.73 Å². The Balaban J connectivity index is 3.23. The third-order valence-electron chi connectivity index (χ3n) is 2.19. The molecule has 0 unspecified atom stereocenters. The van der Waals surface area contributed by atoms with Gasteiger partial charge in [-0.25, -0.2) is 8.42 Å². The number of terminal acetylenes is 1. The smallest absolute Gasteiger partial charge is 0.244 e. The number of nitrogens with zero attached hydrogens (tertiary/aromatic N) is 1. The monoisotopic (exact) mass is 238 g/mol. The van der Waals surface area contributed by atoms with E-state index in [0.717, 1.165) is 4.31 Å². The summed E-state index contributed by atoms with van der Waals surface area (Å²) < 4.78 is 25.3. The maximum absolute atomic E-state index is 12.1. The molecule has 0 aliphatic carbocycles. The minimum Gasteiger partial charge on any atom is -0.326 e. The number of hydrogen-bond acceptors (Lipinski definition) is 3. The highest BCUT2D eigenvalue weighted by atomic mass is 32.2. The van der Waals surface area contributed by atoms with Gasteiger partial charge in [0.15, 0.2) is 0 Å². The van der Waals surface area contributed by atoms with Gasteiger partial charge in [0.05, 0.1) is 11.4 Å². The summed E-state index contributed by atoms with van der Waals surface area (Å²) in [6.07, 6.45) is 5.09. The van der Waals surface area contributed by atoms with Gasteiger partial charge in [-0.1, -0.05) is 24.1 Å². The average Bonchev–Trinajstić information content (AvgIpc) is 2.29. The van der Waals surface area contributed by atoms with Crippen LogP contribution in [0.15, 0.2) is 29.2 Å². The largest absolute Gasteiger partial charge is 0.326 e. The molecular formula is C11H14N2O2S. The number of sulfonamides is 1. The van der Waals surface area contributed by atoms with Crippen molar-refractivity contribution in [2.24, 2.45) is 5.73 Å². The molecule has 0 atom stereocenters. The summed E-state index contributed by atoms with van der Waals surface area (Å²) in [4.78, 5) is 0.218. The predicted molar refractivity (Wildman–Crippen MR) is 63.0 cm³/mol. The standard InChI is InChI=1S/C11H14N2O2S/c1-3-8-13(2)16(14,15)11-7-5-4-6-10(11)9-12/h1,4-7H,8-9,12H2,2H3. The molecule has 0 amide bonds. The Kier molecular flexibility index (Phi) is 4.07. The van der Waals surface area contributed by atoms with Crippen LogP contribution in [0.2, 0.25) is 0 Å². The lowest BCUT2D eigenvalue weighted by molar-refractivity contribution is 0.502. The summed E-state index contributed by atoms with van der Waals surface area (Å²) in [6.45, 7) is 0.223. The van der Waals surface area contributed by atoms with Crippen molar-refractivity contribution in [2.75, 3.05) is 13.6 Å². The van der Waals surface area contributed by atoms with Crippen molar-refractivity contribution in [3.8, 4) is 12.3 Å². The van der Waals surface area contributed by atoms with E-state index in [1.807, 2.05) is 0 Å². The van der Waals surface area contributed by atoms with Crippen LogP contribution in [0.4, 0.5) is 0 Å². The molecule has 0 spiro atoms. The molecule has 0 aliphatic heterocycles. The van der Waals surface area contributed by atoms with Crippen LogP contribution >= 0.6 is 0 Å². The zero-order chi connectivity index (χ0) is 12.2. The van der Waals surface area contributed by atoms with Gasteiger partial charge >= 0.3 is 0 Å². The molecule has 0 radical (unpaired) electrons. The van der Waals surface area contributed by atoms with Crippen molar-refractivity contribution in [3.05, 3.63) is 29.8 Å². The van der Waals surface area contributed by atoms with E-state index in [0.29, 0.717) is 5.56 Å². The van der Waals surface area contributed by atoms with E-state index in [2.05, 4.69) is 5.92 Å². The molecular weight excluding hydrogens is 224 g/mol. The van der Waals surface area contributed by atoms with Crippen molar-refractivity contribution >= 4 is 10.0 Å². The molecule has 0 aromatic heterocycles. The lowest BCUT2D eigenvalue weighted by Crippen LogP contribution is -2.28. The second-order valence-corrected chi connectivity index (χ2v) is 5.29. The maximum atomic E-state index is 12.1. The van der Waals surface area contributed by atoms with E-state index < -0.39 is 10.0 Å². The van der Waals surface area contributed by atoms with Crippen LogP contribution in [-0.4, -0.2) is 26.3 Å². The summed E-state index contributed by atoms with van der Waals surface area (Å²) in [5, 5.41) is 0. The first-order chi connectivity index (χ1) is 7.54. The van der Waals surface area contributed by atoms with Crippen LogP contribution in [0, 0.1) is 12.3 Å². The minimum absolute atomic E-state index is 0.0429. The highest BCUT2D eigenvalue weighted by molar-refractivity contribution is 7.89. The van der Waals surface area contributed by atoms with Gasteiger partial charge in [0.1, 0.15) is 0 Å². The topological polar surface area (TPSA) is 63.4 Å². The zero-order valence-corrected chi connectivity index (χ0v) is 9.87. The first-order valence-corrected chi connectivity index (χ1v) is 6.15. The number of nitrogens with two attached hydrogens (primary N) is 1. The van der Waals surface area contributed by atoms with Gasteiger partial charge in [-0.15, -0.1) is 6.42 Å². The number of benzene rings is 1. The highest BCUT2D eigenvalue weighted by Gasteiger charge is 2.22. The van der Waals surface area contributed by atoms with E-state index in [4.69, 9.17) is 12.2 Å². The quantitative estimate of drug-likeness (QED) is 0.772. The fourth-order valence-corrected chi connectivity index (χ4v) is 2.62. The van der Waals surface area contributed by atoms with Crippen LogP contribution in [0.25, 0.3) is 0 Å². The lowest BCUT2D eigenvalue weighted by atomic mass is 10.2. The Labute approximate surface area is 96.1 Å². The molecule has 1 rings (SSSR count). The fraction of sp³-hybridized carbons (Fsp3) is 0.273. The zero-order valence-electron chi connectivity index (χ0n) is 9.05. The van der Waals surface area contributed by atoms with E-state index in [-0.39, 0.29) is 18.0 Å². The van der Waals surface area contributed by atoms with Crippen molar-refractivity contribution in [3.63, 3.8) is 0 Å². The van der Waals surface area contributed by atoms with Crippen LogP contribution in [0.3, 0.4) is 0 Å². The normalized spacial score (nSPS) is 11.4. The summed E-state index contributed by atoms with van der Waals surface area (Å²) in [6, 6.07) is 6.64. The molecule has 86 valence electrons. The highest BCUT2D eigenvalue weighted by Crippen LogP contribution is 2.18. The number of rotatable bonds is 4. The average molecular weight is 238 g/mol. The molecule has 4 nitrogen and oxygen atoms in total. The molecule has 0 saturated carbocycles. The first kappa shape index (κ1) is 12.7. The first-order valence-electron chi connectivity index (χ1n) is 4.71. The minimum atomic E-state index is -3.53. The Morgan fingerprint density at radius 2 is 2.06 bits per heavy atom. The second-order valence-electron chi connectivity index (χ2n) is 3.28. The van der Waals surface area contributed by atoms with Gasteiger partial charge in [0, 0.05) is 13.6 Å². The summed E-state index contributed by atoms with van der Waals surface area (Å²) in [5.41, 5.74) is 6.09. The molecule has 0 bridgehead atoms. The van der Waals surface area contributed by atoms with Crippen LogP contribution in [0.5, 0.6) is 0 Å². The van der Waals surface area contributed by atoms with Gasteiger partial charge in [-0.2, -0.15) is 4.31 Å². The summed E-state index contributed by atoms with van der Waals surface area (Å²) in [7, 11) is -2.09. The lowest BCUT2D eigenvalue weighted by Gasteiger charge is -2.16. The van der Waals surface area contributed by atoms with E-state index in [1.165, 1.54) is 13.1 Å². The molecule has 2 N–H and O–H groups in total. The third-order valence-corrected chi connectivity index (χ3v) is 4.10. The Bertz CT molecular complexity index is 503. The van der Waals surface area contributed by atoms with E-state index >= 15 is 0 Å². The van der Waals surface area contributed by atoms with Crippen molar-refractivity contribution in [2.45, 2.75) is 11.4 Å². The third kappa shape index (κ3) is 2.42. The maximum Gasteiger partial charge on any atom is 0.244 e. The van der Waals surface area contributed by atoms with E-state index in [9.17, 15) is 8.42 Å². The fourth-order valence-electron chi connectivity index (χ4n) is 1.31. The Morgan fingerprint density at radius 3 is 2.62 bits per heavy atom. The molecule has 1 aromatic rings. The van der Waals surface area contributed by atoms with Gasteiger partial charge in [-0.05, 0) is 11.6 Å². The van der Waals surface area contributed by atoms with Gasteiger partial charge < -0.3 is 5.73 Å². The predicted octanol–water partition coefficient (Wildman–Crippen LogP) is 0.399. The molecule has 1 aromatic carbocycles. The van der Waals surface area contributed by atoms with Crippen molar-refractivity contribution in [1.82, 2.24) is 4.31 Å². The molecule has 0 heterocycles. The molecule has 0 fully saturated rings. The molecule has 0 saturated heterocycles. The summed E-state index contributed by atoms with van der Waals surface area (Å²) >= 11 is 0. The Hall–Kier alpha value is -1.35.